The van der Waals surface area contributed by atoms with Gasteiger partial charge in [0.15, 0.2) is 0 Å². The fourth-order valence-electron chi connectivity index (χ4n) is 11.5. The van der Waals surface area contributed by atoms with E-state index in [1.165, 1.54) is 23.4 Å². The molecule has 13 nitrogen and oxygen atoms in total. The van der Waals surface area contributed by atoms with E-state index >= 15 is 0 Å². The minimum absolute atomic E-state index is 0.599. The van der Waals surface area contributed by atoms with Crippen LogP contribution in [0.4, 0.5) is 0 Å². The number of hydrogen-bond donors (Lipinski definition) is 0. The van der Waals surface area contributed by atoms with Crippen molar-refractivity contribution in [2.24, 2.45) is 0 Å². The van der Waals surface area contributed by atoms with Gasteiger partial charge in [-0.3, -0.25) is 13.7 Å². The third-order valence-corrected chi connectivity index (χ3v) is 14.7. The smallest absolute Gasteiger partial charge is 0.237 e. The lowest BCUT2D eigenvalue weighted by Crippen LogP contribution is -2.00. The summed E-state index contributed by atoms with van der Waals surface area (Å²) in [4.78, 5) is 30.6. The number of rotatable bonds is 3. The number of para-hydroxylation sites is 6. The van der Waals surface area contributed by atoms with Gasteiger partial charge >= 0.3 is 0 Å². The Hall–Kier alpha value is -11.1. The predicted octanol–water partition coefficient (Wildman–Crippen LogP) is 15.8. The molecule has 0 amide bonds. The van der Waals surface area contributed by atoms with Gasteiger partial charge in [0.1, 0.15) is 46.2 Å². The average Bonchev–Trinajstić information content (AvgIpc) is 4.51. The predicted molar refractivity (Wildman–Crippen MR) is 309 cm³/mol. The van der Waals surface area contributed by atoms with Crippen molar-refractivity contribution in [2.45, 2.75) is 0 Å². The molecule has 0 saturated carbocycles. The van der Waals surface area contributed by atoms with E-state index in [0.717, 1.165) is 120 Å². The first kappa shape index (κ1) is 43.4. The van der Waals surface area contributed by atoms with Crippen LogP contribution in [-0.4, -0.2) is 48.6 Å². The molecule has 18 aromatic rings. The van der Waals surface area contributed by atoms with Gasteiger partial charge in [0.25, 0.3) is 0 Å². The van der Waals surface area contributed by atoms with Gasteiger partial charge in [-0.2, -0.15) is 0 Å². The number of furan rings is 3. The van der Waals surface area contributed by atoms with Crippen LogP contribution in [0.1, 0.15) is 0 Å². The van der Waals surface area contributed by atoms with Crippen LogP contribution in [0.3, 0.4) is 0 Å². The van der Waals surface area contributed by atoms with Gasteiger partial charge in [-0.05, 0) is 78.9 Å². The molecule has 0 aliphatic rings. The monoisotopic (exact) mass is 1010 g/mol. The summed E-state index contributed by atoms with van der Waals surface area (Å²) in [5.41, 5.74) is 11.7. The van der Waals surface area contributed by atoms with Crippen molar-refractivity contribution in [3.05, 3.63) is 232 Å². The highest BCUT2D eigenvalue weighted by atomic mass is 16.3. The molecule has 0 radical (unpaired) electrons. The third kappa shape index (κ3) is 6.58. The van der Waals surface area contributed by atoms with E-state index < -0.39 is 0 Å². The van der Waals surface area contributed by atoms with Crippen LogP contribution < -0.4 is 0 Å². The molecule has 0 bridgehead atoms. The summed E-state index contributed by atoms with van der Waals surface area (Å²) in [6.07, 6.45) is 10.1. The molecule has 366 valence electrons. The van der Waals surface area contributed by atoms with E-state index in [-0.39, 0.29) is 0 Å². The molecule has 9 heterocycles. The molecular formula is C65H38N10O3. The quantitative estimate of drug-likeness (QED) is 0.168. The molecule has 9 aromatic carbocycles. The zero-order valence-corrected chi connectivity index (χ0v) is 41.1. The van der Waals surface area contributed by atoms with E-state index in [0.29, 0.717) is 17.8 Å². The maximum atomic E-state index is 6.27. The topological polar surface area (TPSA) is 144 Å². The van der Waals surface area contributed by atoms with E-state index in [2.05, 4.69) is 158 Å². The highest BCUT2D eigenvalue weighted by Crippen LogP contribution is 2.42. The van der Waals surface area contributed by atoms with Crippen molar-refractivity contribution in [3.8, 4) is 17.8 Å². The molecule has 0 aliphatic heterocycles. The Bertz CT molecular complexity index is 5280. The molecule has 0 saturated heterocycles. The summed E-state index contributed by atoms with van der Waals surface area (Å²) in [6.45, 7) is 0. The first-order chi connectivity index (χ1) is 38.7. The Morgan fingerprint density at radius 1 is 0.269 bits per heavy atom. The molecule has 9 aromatic heterocycles. The molecule has 0 aliphatic carbocycles. The van der Waals surface area contributed by atoms with Gasteiger partial charge in [0, 0.05) is 84.7 Å². The highest BCUT2D eigenvalue weighted by Gasteiger charge is 2.22. The number of fused-ring (bicyclic) bond motifs is 20. The minimum atomic E-state index is 0.599. The highest BCUT2D eigenvalue weighted by molar-refractivity contribution is 6.25. The van der Waals surface area contributed by atoms with E-state index in [9.17, 15) is 0 Å². The Morgan fingerprint density at radius 3 is 1.45 bits per heavy atom. The molecule has 0 N–H and O–H groups in total. The summed E-state index contributed by atoms with van der Waals surface area (Å²) in [5.74, 6) is 1.92. The van der Waals surface area contributed by atoms with E-state index in [1.54, 1.807) is 24.8 Å². The van der Waals surface area contributed by atoms with Crippen LogP contribution in [0.25, 0.3) is 149 Å². The molecule has 0 atom stereocenters. The van der Waals surface area contributed by atoms with Crippen molar-refractivity contribution in [3.63, 3.8) is 0 Å². The number of hydrogen-bond acceptors (Lipinski definition) is 10. The van der Waals surface area contributed by atoms with Crippen molar-refractivity contribution in [2.75, 3.05) is 0 Å². The molecule has 18 rings (SSSR count). The van der Waals surface area contributed by atoms with Crippen LogP contribution in [0.5, 0.6) is 0 Å². The van der Waals surface area contributed by atoms with E-state index in [1.807, 2.05) is 84.9 Å². The fourth-order valence-corrected chi connectivity index (χ4v) is 11.5. The van der Waals surface area contributed by atoms with Crippen molar-refractivity contribution in [1.82, 2.24) is 48.6 Å². The first-order valence-corrected chi connectivity index (χ1v) is 25.4. The summed E-state index contributed by atoms with van der Waals surface area (Å²) in [5, 5.41) is 13.6. The van der Waals surface area contributed by atoms with Crippen molar-refractivity contribution >= 4 is 131 Å². The van der Waals surface area contributed by atoms with Crippen LogP contribution in [0.15, 0.2) is 245 Å². The van der Waals surface area contributed by atoms with Crippen molar-refractivity contribution < 1.29 is 13.3 Å². The number of aromatic nitrogens is 10. The fraction of sp³-hybridized carbons (Fsp3) is 0. The lowest BCUT2D eigenvalue weighted by atomic mass is 10.1. The second-order valence-corrected chi connectivity index (χ2v) is 18.9. The SMILES string of the molecule is c1ccc2c(c1)oc1cc3c(cc12)c1ccccc1n3-c1ncncn1.c1cnc(-n2c3ccccc3c3c4oc5ccccc5c4ccc32)nc1.c1cnc(-n2c3ccccc3c3ccc4oc5ccccc5c4c32)nc1. The first-order valence-electron chi connectivity index (χ1n) is 25.4. The zero-order valence-electron chi connectivity index (χ0n) is 41.1. The molecule has 0 unspecified atom stereocenters. The normalized spacial score (nSPS) is 11.8. The van der Waals surface area contributed by atoms with Gasteiger partial charge in [0.2, 0.25) is 17.8 Å². The number of benzene rings is 9. The Morgan fingerprint density at radius 2 is 0.756 bits per heavy atom. The van der Waals surface area contributed by atoms with Crippen LogP contribution in [-0.2, 0) is 0 Å². The van der Waals surface area contributed by atoms with Gasteiger partial charge in [-0.1, -0.05) is 109 Å². The number of nitrogens with zero attached hydrogens (tertiary/aromatic N) is 10. The largest absolute Gasteiger partial charge is 0.456 e. The third-order valence-electron chi connectivity index (χ3n) is 14.7. The van der Waals surface area contributed by atoms with E-state index in [4.69, 9.17) is 13.3 Å². The molecule has 13 heteroatoms. The lowest BCUT2D eigenvalue weighted by molar-refractivity contribution is 0.669. The van der Waals surface area contributed by atoms with Gasteiger partial charge in [-0.25, -0.2) is 34.9 Å². The van der Waals surface area contributed by atoms with Crippen LogP contribution in [0, 0.1) is 0 Å². The summed E-state index contributed by atoms with van der Waals surface area (Å²) >= 11 is 0. The molecule has 0 spiro atoms. The van der Waals surface area contributed by atoms with Gasteiger partial charge < -0.3 is 13.3 Å². The molecular weight excluding hydrogens is 969 g/mol. The molecule has 0 fully saturated rings. The van der Waals surface area contributed by atoms with Gasteiger partial charge in [-0.15, -0.1) is 0 Å². The Labute approximate surface area is 440 Å². The molecule has 78 heavy (non-hydrogen) atoms. The lowest BCUT2D eigenvalue weighted by Gasteiger charge is -2.05. The summed E-state index contributed by atoms with van der Waals surface area (Å²) < 4.78 is 24.7. The Balaban J connectivity index is 0.0000000978. The zero-order chi connectivity index (χ0) is 51.3. The Kier molecular flexibility index (Phi) is 9.60. The maximum absolute atomic E-state index is 6.27. The maximum Gasteiger partial charge on any atom is 0.237 e. The summed E-state index contributed by atoms with van der Waals surface area (Å²) in [6, 6.07) is 65.8. The second kappa shape index (κ2) is 17.3. The van der Waals surface area contributed by atoms with Crippen LogP contribution in [0.2, 0.25) is 0 Å². The average molecular weight is 1010 g/mol. The van der Waals surface area contributed by atoms with Gasteiger partial charge in [0.05, 0.1) is 43.9 Å². The summed E-state index contributed by atoms with van der Waals surface area (Å²) in [7, 11) is 0. The van der Waals surface area contributed by atoms with Crippen molar-refractivity contribution in [1.29, 1.82) is 0 Å². The minimum Gasteiger partial charge on any atom is -0.456 e. The standard InChI is InChI=1S/2C22H13N3O.C21H12N4O/c1-3-8-17-16(7-1)20-18(25(17)22-23-12-5-13-24-22)11-10-15-14-6-2-4-9-19(14)26-21(15)20;1-3-8-17-14(6-1)15-10-11-19-20(16-7-2-4-9-18(16)26-19)21(15)25(17)22-23-12-5-13-24-22;1-3-7-17-13(5-1)15-9-16-14-6-2-4-8-19(14)26-20(16)10-18(15)25(17)21-23-11-22-12-24-21/h2*1-13H;1-12H. The second-order valence-electron chi connectivity index (χ2n) is 18.9. The van der Waals surface area contributed by atoms with Crippen LogP contribution >= 0.6 is 0 Å².